The fraction of sp³-hybridized carbons (Fsp3) is 0.700. The van der Waals surface area contributed by atoms with E-state index in [2.05, 4.69) is 31.3 Å². The molecule has 1 aliphatic heterocycles. The monoisotopic (exact) mass is 335 g/mol. The van der Waals surface area contributed by atoms with Crippen molar-refractivity contribution in [3.63, 3.8) is 0 Å². The maximum absolute atomic E-state index is 6.07. The Morgan fingerprint density at radius 1 is 1.17 bits per heavy atom. The molecular formula is C20H30ClNO. The molecule has 1 N–H and O–H groups in total. The molecule has 23 heavy (non-hydrogen) atoms. The summed E-state index contributed by atoms with van der Waals surface area (Å²) >= 11 is 6.07. The summed E-state index contributed by atoms with van der Waals surface area (Å²) in [4.78, 5) is 0. The molecular weight excluding hydrogens is 306 g/mol. The van der Waals surface area contributed by atoms with E-state index >= 15 is 0 Å². The first-order chi connectivity index (χ1) is 11.0. The summed E-state index contributed by atoms with van der Waals surface area (Å²) < 4.78 is 5.82. The molecule has 1 unspecified atom stereocenters. The van der Waals surface area contributed by atoms with Crippen molar-refractivity contribution in [3.8, 4) is 0 Å². The van der Waals surface area contributed by atoms with Crippen LogP contribution in [0.3, 0.4) is 0 Å². The van der Waals surface area contributed by atoms with Gasteiger partial charge in [-0.2, -0.15) is 0 Å². The van der Waals surface area contributed by atoms with E-state index in [1.54, 1.807) is 0 Å². The maximum atomic E-state index is 6.07. The third kappa shape index (κ3) is 4.29. The average Bonchev–Trinajstić information content (AvgIpc) is 2.97. The molecule has 1 aromatic rings. The van der Waals surface area contributed by atoms with Crippen LogP contribution in [0.25, 0.3) is 0 Å². The zero-order valence-corrected chi connectivity index (χ0v) is 15.3. The number of hydrogen-bond donors (Lipinski definition) is 1. The molecule has 1 aromatic carbocycles. The quantitative estimate of drug-likeness (QED) is 0.809. The Morgan fingerprint density at radius 3 is 2.52 bits per heavy atom. The van der Waals surface area contributed by atoms with Crippen molar-refractivity contribution in [1.29, 1.82) is 0 Å². The van der Waals surface area contributed by atoms with Gasteiger partial charge < -0.3 is 10.1 Å². The van der Waals surface area contributed by atoms with Crippen LogP contribution in [0.4, 0.5) is 0 Å². The molecule has 0 amide bonds. The van der Waals surface area contributed by atoms with E-state index in [0.29, 0.717) is 11.5 Å². The Bertz CT molecular complexity index is 505. The van der Waals surface area contributed by atoms with E-state index < -0.39 is 0 Å². The predicted molar refractivity (Wildman–Crippen MR) is 97.3 cm³/mol. The number of rotatable bonds is 5. The summed E-state index contributed by atoms with van der Waals surface area (Å²) in [6, 6.07) is 9.18. The standard InChI is InChI=1S/C20H30ClNO/c1-19(2)15-18(9-14-23-19)22-13-12-20(10-3-4-11-20)16-5-7-17(21)8-6-16/h5-8,18,22H,3-4,9-15H2,1-2H3. The molecule has 2 aliphatic rings. The predicted octanol–water partition coefficient (Wildman–Crippen LogP) is 5.09. The lowest BCUT2D eigenvalue weighted by atomic mass is 9.76. The lowest BCUT2D eigenvalue weighted by Gasteiger charge is -2.37. The molecule has 2 fully saturated rings. The van der Waals surface area contributed by atoms with Crippen LogP contribution in [0.1, 0.15) is 64.4 Å². The fourth-order valence-corrected chi connectivity index (χ4v) is 4.59. The van der Waals surface area contributed by atoms with Crippen molar-refractivity contribution >= 4 is 11.6 Å². The summed E-state index contributed by atoms with van der Waals surface area (Å²) in [6.07, 6.45) is 8.82. The van der Waals surface area contributed by atoms with Gasteiger partial charge in [0.05, 0.1) is 5.60 Å². The van der Waals surface area contributed by atoms with Crippen LogP contribution >= 0.6 is 11.6 Å². The second-order valence-electron chi connectivity index (χ2n) is 8.00. The van der Waals surface area contributed by atoms with Gasteiger partial charge in [-0.15, -0.1) is 0 Å². The van der Waals surface area contributed by atoms with Crippen LogP contribution in [0, 0.1) is 0 Å². The fourth-order valence-electron chi connectivity index (χ4n) is 4.46. The first-order valence-electron chi connectivity index (χ1n) is 9.13. The van der Waals surface area contributed by atoms with Gasteiger partial charge in [0.2, 0.25) is 0 Å². The highest BCUT2D eigenvalue weighted by Gasteiger charge is 2.35. The molecule has 1 aliphatic carbocycles. The van der Waals surface area contributed by atoms with Crippen molar-refractivity contribution in [2.24, 2.45) is 0 Å². The second kappa shape index (κ2) is 7.13. The first-order valence-corrected chi connectivity index (χ1v) is 9.50. The van der Waals surface area contributed by atoms with Gasteiger partial charge in [-0.05, 0) is 75.6 Å². The number of nitrogens with one attached hydrogen (secondary N) is 1. The summed E-state index contributed by atoms with van der Waals surface area (Å²) in [5.41, 5.74) is 1.86. The smallest absolute Gasteiger partial charge is 0.0641 e. The highest BCUT2D eigenvalue weighted by Crippen LogP contribution is 2.44. The number of hydrogen-bond acceptors (Lipinski definition) is 2. The van der Waals surface area contributed by atoms with Gasteiger partial charge in [0.25, 0.3) is 0 Å². The Kier molecular flexibility index (Phi) is 5.35. The largest absolute Gasteiger partial charge is 0.375 e. The molecule has 0 radical (unpaired) electrons. The van der Waals surface area contributed by atoms with E-state index in [4.69, 9.17) is 16.3 Å². The summed E-state index contributed by atoms with van der Waals surface area (Å²) in [7, 11) is 0. The lowest BCUT2D eigenvalue weighted by molar-refractivity contribution is -0.0629. The maximum Gasteiger partial charge on any atom is 0.0641 e. The Labute approximate surface area is 145 Å². The highest BCUT2D eigenvalue weighted by molar-refractivity contribution is 6.30. The van der Waals surface area contributed by atoms with Crippen LogP contribution < -0.4 is 5.32 Å². The van der Waals surface area contributed by atoms with Crippen molar-refractivity contribution in [3.05, 3.63) is 34.9 Å². The van der Waals surface area contributed by atoms with Gasteiger partial charge in [-0.1, -0.05) is 36.6 Å². The van der Waals surface area contributed by atoms with Crippen LogP contribution in [0.5, 0.6) is 0 Å². The minimum Gasteiger partial charge on any atom is -0.375 e. The van der Waals surface area contributed by atoms with E-state index in [0.717, 1.165) is 31.0 Å². The lowest BCUT2D eigenvalue weighted by Crippen LogP contribution is -2.44. The van der Waals surface area contributed by atoms with Crippen LogP contribution in [0.15, 0.2) is 24.3 Å². The van der Waals surface area contributed by atoms with Gasteiger partial charge in [0, 0.05) is 17.7 Å². The molecule has 1 saturated heterocycles. The molecule has 2 nitrogen and oxygen atoms in total. The average molecular weight is 336 g/mol. The minimum absolute atomic E-state index is 0.0249. The Balaban J connectivity index is 1.59. The molecule has 1 heterocycles. The topological polar surface area (TPSA) is 21.3 Å². The van der Waals surface area contributed by atoms with Crippen molar-refractivity contribution in [2.75, 3.05) is 13.2 Å². The molecule has 1 saturated carbocycles. The van der Waals surface area contributed by atoms with Crippen LogP contribution in [-0.4, -0.2) is 24.8 Å². The third-order valence-corrected chi connectivity index (χ3v) is 6.00. The van der Waals surface area contributed by atoms with E-state index in [1.807, 2.05) is 12.1 Å². The van der Waals surface area contributed by atoms with Crippen molar-refractivity contribution in [2.45, 2.75) is 75.9 Å². The zero-order chi connectivity index (χ0) is 16.3. The first kappa shape index (κ1) is 17.3. The summed E-state index contributed by atoms with van der Waals surface area (Å²) in [6.45, 7) is 6.39. The Hall–Kier alpha value is -0.570. The van der Waals surface area contributed by atoms with E-state index in [-0.39, 0.29) is 5.60 Å². The van der Waals surface area contributed by atoms with Gasteiger partial charge in [-0.3, -0.25) is 0 Å². The normalized spacial score (nSPS) is 26.3. The highest BCUT2D eigenvalue weighted by atomic mass is 35.5. The number of benzene rings is 1. The minimum atomic E-state index is 0.0249. The molecule has 0 aromatic heterocycles. The summed E-state index contributed by atoms with van der Waals surface area (Å²) in [5, 5.41) is 4.64. The van der Waals surface area contributed by atoms with Crippen LogP contribution in [0.2, 0.25) is 5.02 Å². The SMILES string of the molecule is CC1(C)CC(NCCC2(c3ccc(Cl)cc3)CCCC2)CCO1. The number of halogens is 1. The third-order valence-electron chi connectivity index (χ3n) is 5.75. The van der Waals surface area contributed by atoms with E-state index in [9.17, 15) is 0 Å². The molecule has 1 atom stereocenters. The van der Waals surface area contributed by atoms with Gasteiger partial charge >= 0.3 is 0 Å². The van der Waals surface area contributed by atoms with E-state index in [1.165, 1.54) is 37.7 Å². The van der Waals surface area contributed by atoms with Crippen molar-refractivity contribution < 1.29 is 4.74 Å². The number of ether oxygens (including phenoxy) is 1. The second-order valence-corrected chi connectivity index (χ2v) is 8.43. The molecule has 0 spiro atoms. The summed E-state index contributed by atoms with van der Waals surface area (Å²) in [5.74, 6) is 0. The Morgan fingerprint density at radius 2 is 1.87 bits per heavy atom. The molecule has 128 valence electrons. The molecule has 3 rings (SSSR count). The van der Waals surface area contributed by atoms with Gasteiger partial charge in [-0.25, -0.2) is 0 Å². The zero-order valence-electron chi connectivity index (χ0n) is 14.5. The van der Waals surface area contributed by atoms with Gasteiger partial charge in [0.15, 0.2) is 0 Å². The molecule has 3 heteroatoms. The van der Waals surface area contributed by atoms with Gasteiger partial charge in [0.1, 0.15) is 0 Å². The van der Waals surface area contributed by atoms with Crippen LogP contribution in [-0.2, 0) is 10.2 Å². The molecule has 0 bridgehead atoms. The van der Waals surface area contributed by atoms with Crippen molar-refractivity contribution in [1.82, 2.24) is 5.32 Å².